The number of pyridine rings is 1. The molecule has 0 bridgehead atoms. The molecule has 0 aliphatic heterocycles. The molecule has 1 aliphatic carbocycles. The lowest BCUT2D eigenvalue weighted by molar-refractivity contribution is 0.104. The molecule has 33 heavy (non-hydrogen) atoms. The molecule has 0 saturated carbocycles. The number of rotatable bonds is 4. The van der Waals surface area contributed by atoms with Crippen LogP contribution in [0.2, 0.25) is 0 Å². The molecule has 0 spiro atoms. The number of carbonyl (C=O) groups excluding carboxylic acids is 1. The standard InChI is InChI=1S/C27H28N2O2S2/c1-27(2,3)16-9-12-19-18(14-16)21(15-7-10-17(31-4)11-8-15)22-23(28)25(33-26(22)29-19)24(30)20-6-5-13-32-20/h5-8,10-11,13,16H,9,12,14,28H2,1-4H3. The third-order valence-corrected chi connectivity index (χ3v) is 8.76. The average molecular weight is 477 g/mol. The highest BCUT2D eigenvalue weighted by molar-refractivity contribution is 7.22. The van der Waals surface area contributed by atoms with Crippen LogP contribution < -0.4 is 10.5 Å². The number of aromatic nitrogens is 1. The lowest BCUT2D eigenvalue weighted by Crippen LogP contribution is -2.27. The number of hydrogen-bond acceptors (Lipinski definition) is 6. The van der Waals surface area contributed by atoms with Crippen LogP contribution in [0, 0.1) is 11.3 Å². The lowest BCUT2D eigenvalue weighted by atomic mass is 9.70. The van der Waals surface area contributed by atoms with E-state index in [9.17, 15) is 4.79 Å². The molecule has 1 atom stereocenters. The fraction of sp³-hybridized carbons (Fsp3) is 0.333. The maximum Gasteiger partial charge on any atom is 0.215 e. The number of ether oxygens (including phenoxy) is 1. The highest BCUT2D eigenvalue weighted by Crippen LogP contribution is 2.47. The van der Waals surface area contributed by atoms with Crippen LogP contribution in [-0.4, -0.2) is 17.9 Å². The fourth-order valence-electron chi connectivity index (χ4n) is 4.83. The summed E-state index contributed by atoms with van der Waals surface area (Å²) in [6, 6.07) is 11.9. The van der Waals surface area contributed by atoms with Crippen LogP contribution in [0.3, 0.4) is 0 Å². The Hall–Kier alpha value is -2.70. The Balaban J connectivity index is 1.76. The Labute approximate surface area is 202 Å². The monoisotopic (exact) mass is 476 g/mol. The molecule has 0 fully saturated rings. The van der Waals surface area contributed by atoms with Gasteiger partial charge in [0.2, 0.25) is 5.78 Å². The quantitative estimate of drug-likeness (QED) is 0.322. The molecule has 5 rings (SSSR count). The van der Waals surface area contributed by atoms with Gasteiger partial charge in [0.25, 0.3) is 0 Å². The SMILES string of the molecule is COc1ccc(-c2c3c(nc4sc(C(=O)c5cccs5)c(N)c24)CCC(C(C)(C)C)C3)cc1. The summed E-state index contributed by atoms with van der Waals surface area (Å²) < 4.78 is 5.39. The summed E-state index contributed by atoms with van der Waals surface area (Å²) in [4.78, 5) is 20.4. The van der Waals surface area contributed by atoms with Crippen molar-refractivity contribution in [2.24, 2.45) is 11.3 Å². The molecular weight excluding hydrogens is 448 g/mol. The predicted octanol–water partition coefficient (Wildman–Crippen LogP) is 7.00. The zero-order valence-corrected chi connectivity index (χ0v) is 21.0. The minimum absolute atomic E-state index is 0.0169. The van der Waals surface area contributed by atoms with E-state index < -0.39 is 0 Å². The van der Waals surface area contributed by atoms with E-state index in [0.29, 0.717) is 21.4 Å². The van der Waals surface area contributed by atoms with Crippen LogP contribution in [-0.2, 0) is 12.8 Å². The van der Waals surface area contributed by atoms with E-state index in [1.54, 1.807) is 7.11 Å². The van der Waals surface area contributed by atoms with Crippen molar-refractivity contribution < 1.29 is 9.53 Å². The van der Waals surface area contributed by atoms with Crippen molar-refractivity contribution in [3.63, 3.8) is 0 Å². The predicted molar refractivity (Wildman–Crippen MR) is 139 cm³/mol. The van der Waals surface area contributed by atoms with Gasteiger partial charge in [-0.1, -0.05) is 39.0 Å². The van der Waals surface area contributed by atoms with Crippen LogP contribution in [0.5, 0.6) is 5.75 Å². The molecular formula is C27H28N2O2S2. The Morgan fingerprint density at radius 3 is 2.58 bits per heavy atom. The smallest absolute Gasteiger partial charge is 0.215 e. The lowest BCUT2D eigenvalue weighted by Gasteiger charge is -2.35. The van der Waals surface area contributed by atoms with Crippen LogP contribution in [0.15, 0.2) is 41.8 Å². The number of benzene rings is 1. The third kappa shape index (κ3) is 3.85. The van der Waals surface area contributed by atoms with Crippen molar-refractivity contribution in [2.75, 3.05) is 12.8 Å². The van der Waals surface area contributed by atoms with E-state index in [1.807, 2.05) is 29.6 Å². The van der Waals surface area contributed by atoms with Gasteiger partial charge in [-0.05, 0) is 70.9 Å². The number of ketones is 1. The number of thiophene rings is 2. The van der Waals surface area contributed by atoms with Gasteiger partial charge in [-0.15, -0.1) is 22.7 Å². The van der Waals surface area contributed by atoms with E-state index in [0.717, 1.165) is 52.0 Å². The number of hydrogen-bond donors (Lipinski definition) is 1. The molecule has 0 amide bonds. The van der Waals surface area contributed by atoms with E-state index in [4.69, 9.17) is 15.5 Å². The highest BCUT2D eigenvalue weighted by Gasteiger charge is 2.33. The second kappa shape index (κ2) is 8.26. The Morgan fingerprint density at radius 1 is 1.18 bits per heavy atom. The summed E-state index contributed by atoms with van der Waals surface area (Å²) in [5.74, 6) is 1.36. The topological polar surface area (TPSA) is 65.2 Å². The maximum atomic E-state index is 13.2. The summed E-state index contributed by atoms with van der Waals surface area (Å²) in [6.45, 7) is 6.95. The van der Waals surface area contributed by atoms with Crippen molar-refractivity contribution in [3.8, 4) is 16.9 Å². The molecule has 6 heteroatoms. The average Bonchev–Trinajstić information content (AvgIpc) is 3.45. The highest BCUT2D eigenvalue weighted by atomic mass is 32.1. The van der Waals surface area contributed by atoms with E-state index in [-0.39, 0.29) is 11.2 Å². The van der Waals surface area contributed by atoms with Gasteiger partial charge in [-0.2, -0.15) is 0 Å². The maximum absolute atomic E-state index is 13.2. The number of carbonyl (C=O) groups is 1. The van der Waals surface area contributed by atoms with E-state index in [2.05, 4.69) is 32.9 Å². The number of methoxy groups -OCH3 is 1. The zero-order valence-electron chi connectivity index (χ0n) is 19.4. The van der Waals surface area contributed by atoms with Crippen molar-refractivity contribution in [3.05, 3.63) is 62.8 Å². The molecule has 3 aromatic heterocycles. The van der Waals surface area contributed by atoms with E-state index in [1.165, 1.54) is 28.2 Å². The van der Waals surface area contributed by atoms with Gasteiger partial charge < -0.3 is 10.5 Å². The number of nitrogen functional groups attached to an aromatic ring is 1. The number of aryl methyl sites for hydroxylation is 1. The fourth-order valence-corrected chi connectivity index (χ4v) is 6.64. The largest absolute Gasteiger partial charge is 0.497 e. The number of nitrogens with two attached hydrogens (primary N) is 1. The summed E-state index contributed by atoms with van der Waals surface area (Å²) in [5.41, 5.74) is 12.1. The summed E-state index contributed by atoms with van der Waals surface area (Å²) >= 11 is 2.87. The number of fused-ring (bicyclic) bond motifs is 2. The first-order valence-electron chi connectivity index (χ1n) is 11.2. The first-order chi connectivity index (χ1) is 15.8. The van der Waals surface area contributed by atoms with Gasteiger partial charge in [0.1, 0.15) is 15.5 Å². The molecule has 0 saturated heterocycles. The molecule has 1 unspecified atom stereocenters. The Morgan fingerprint density at radius 2 is 1.94 bits per heavy atom. The number of anilines is 1. The Bertz CT molecular complexity index is 1330. The molecule has 2 N–H and O–H groups in total. The van der Waals surface area contributed by atoms with Gasteiger partial charge in [-0.25, -0.2) is 4.98 Å². The molecule has 4 nitrogen and oxygen atoms in total. The van der Waals surface area contributed by atoms with Gasteiger partial charge in [0.15, 0.2) is 0 Å². The molecule has 1 aliphatic rings. The normalized spacial score (nSPS) is 16.1. The zero-order chi connectivity index (χ0) is 23.3. The molecule has 4 aromatic rings. The van der Waals surface area contributed by atoms with Gasteiger partial charge in [0, 0.05) is 11.1 Å². The second-order valence-electron chi connectivity index (χ2n) is 9.78. The summed E-state index contributed by atoms with van der Waals surface area (Å²) in [7, 11) is 1.68. The van der Waals surface area contributed by atoms with Crippen LogP contribution in [0.1, 0.15) is 53.0 Å². The van der Waals surface area contributed by atoms with Crippen molar-refractivity contribution in [1.82, 2.24) is 4.98 Å². The molecule has 1 aromatic carbocycles. The Kier molecular flexibility index (Phi) is 5.53. The van der Waals surface area contributed by atoms with Crippen molar-refractivity contribution in [1.29, 1.82) is 0 Å². The molecule has 3 heterocycles. The summed E-state index contributed by atoms with van der Waals surface area (Å²) in [6.07, 6.45) is 3.04. The molecule has 0 radical (unpaired) electrons. The van der Waals surface area contributed by atoms with Crippen molar-refractivity contribution in [2.45, 2.75) is 40.0 Å². The van der Waals surface area contributed by atoms with Crippen molar-refractivity contribution >= 4 is 44.4 Å². The first-order valence-corrected chi connectivity index (χ1v) is 12.9. The van der Waals surface area contributed by atoms with E-state index >= 15 is 0 Å². The van der Waals surface area contributed by atoms with Crippen LogP contribution >= 0.6 is 22.7 Å². The van der Waals surface area contributed by atoms with Gasteiger partial charge in [0.05, 0.1) is 17.7 Å². The third-order valence-electron chi connectivity index (χ3n) is 6.80. The van der Waals surface area contributed by atoms with Gasteiger partial charge >= 0.3 is 0 Å². The van der Waals surface area contributed by atoms with Crippen LogP contribution in [0.4, 0.5) is 5.69 Å². The number of nitrogens with zero attached hydrogens (tertiary/aromatic N) is 1. The first kappa shape index (κ1) is 22.1. The van der Waals surface area contributed by atoms with Gasteiger partial charge in [-0.3, -0.25) is 4.79 Å². The minimum Gasteiger partial charge on any atom is -0.497 e. The second-order valence-corrected chi connectivity index (χ2v) is 11.7. The minimum atomic E-state index is -0.0169. The summed E-state index contributed by atoms with van der Waals surface area (Å²) in [5, 5.41) is 2.83. The molecule has 170 valence electrons. The van der Waals surface area contributed by atoms with Crippen LogP contribution in [0.25, 0.3) is 21.3 Å².